The van der Waals surface area contributed by atoms with Gasteiger partial charge in [-0.25, -0.2) is 22.9 Å². The second-order valence-electron chi connectivity index (χ2n) is 9.00. The van der Waals surface area contributed by atoms with Crippen LogP contribution in [0, 0.1) is 0 Å². The van der Waals surface area contributed by atoms with Crippen molar-refractivity contribution >= 4 is 35.7 Å². The molecule has 0 saturated carbocycles. The van der Waals surface area contributed by atoms with Gasteiger partial charge >= 0.3 is 17.1 Å². The average Bonchev–Trinajstić information content (AvgIpc) is 3.79. The Morgan fingerprint density at radius 2 is 1.35 bits per heavy atom. The Balaban J connectivity index is 0.000000557. The minimum atomic E-state index is -0.869. The summed E-state index contributed by atoms with van der Waals surface area (Å²) in [5.74, 6) is 1.05. The summed E-state index contributed by atoms with van der Waals surface area (Å²) in [6.07, 6.45) is 0. The summed E-state index contributed by atoms with van der Waals surface area (Å²) in [6.45, 7) is 4.44. The first-order valence-electron chi connectivity index (χ1n) is 13.2. The molecule has 40 heavy (non-hydrogen) atoms. The Hall–Kier alpha value is -3.20. The van der Waals surface area contributed by atoms with Crippen LogP contribution < -0.4 is 16.0 Å². The van der Waals surface area contributed by atoms with E-state index in [1.807, 2.05) is 48.2 Å². The van der Waals surface area contributed by atoms with Crippen LogP contribution in [0.5, 0.6) is 0 Å². The zero-order valence-corrected chi connectivity index (χ0v) is 25.4. The molecule has 0 spiro atoms. The van der Waals surface area contributed by atoms with Crippen LogP contribution >= 0.6 is 19.7 Å². The molecule has 3 nitrogen and oxygen atoms in total. The van der Waals surface area contributed by atoms with Crippen molar-refractivity contribution in [1.29, 1.82) is 0 Å². The van der Waals surface area contributed by atoms with E-state index in [2.05, 4.69) is 122 Å². The fraction of sp³-hybridized carbons (Fsp3) is 0.118. The molecule has 0 aliphatic carbocycles. The minimum absolute atomic E-state index is 0. The molecule has 6 rings (SSSR count). The SMILES string of the molecule is CCSc1[cH-]ccc1[C@H](C)n1nnc(-c2ccccc2)c1P(c1ccccc1)c1ccccc1.[Fe+2].c1cc[cH-]c1. The zero-order valence-electron chi connectivity index (χ0n) is 22.6. The summed E-state index contributed by atoms with van der Waals surface area (Å²) in [4.78, 5) is 1.32. The normalized spacial score (nSPS) is 11.4. The summed E-state index contributed by atoms with van der Waals surface area (Å²) < 4.78 is 2.17. The van der Waals surface area contributed by atoms with E-state index in [1.165, 1.54) is 26.5 Å². The standard InChI is InChI=1S/C29H27N3PS.C5H5.Fe/c1-3-34-27-21-13-20-26(27)22(2)32-29(28(30-31-32)23-14-7-4-8-15-23)33(24-16-9-5-10-17-24)25-18-11-6-12-19-25;1-2-4-5-3-1;/h4-22H,3H2,1-2H3;1-5H;/q2*-1;+2/t22-;;/m0../s1. The second-order valence-corrected chi connectivity index (χ2v) is 12.4. The van der Waals surface area contributed by atoms with Crippen molar-refractivity contribution in [3.8, 4) is 11.3 Å². The Kier molecular flexibility index (Phi) is 11.1. The Morgan fingerprint density at radius 1 is 0.775 bits per heavy atom. The largest absolute Gasteiger partial charge is 2.00 e. The molecule has 0 radical (unpaired) electrons. The Bertz CT molecular complexity index is 1470. The molecule has 0 unspecified atom stereocenters. The first kappa shape index (κ1) is 29.8. The predicted molar refractivity (Wildman–Crippen MR) is 168 cm³/mol. The van der Waals surface area contributed by atoms with Gasteiger partial charge in [0.25, 0.3) is 0 Å². The van der Waals surface area contributed by atoms with Crippen LogP contribution in [0.4, 0.5) is 0 Å². The fourth-order valence-corrected chi connectivity index (χ4v) is 8.01. The van der Waals surface area contributed by atoms with Crippen molar-refractivity contribution in [2.45, 2.75) is 24.8 Å². The van der Waals surface area contributed by atoms with Crippen molar-refractivity contribution in [2.24, 2.45) is 0 Å². The van der Waals surface area contributed by atoms with Gasteiger partial charge in [0.1, 0.15) is 5.69 Å². The van der Waals surface area contributed by atoms with Gasteiger partial charge in [-0.2, -0.15) is 47.7 Å². The Morgan fingerprint density at radius 3 is 1.88 bits per heavy atom. The van der Waals surface area contributed by atoms with Gasteiger partial charge in [-0.3, -0.25) is 0 Å². The number of rotatable bonds is 8. The van der Waals surface area contributed by atoms with Gasteiger partial charge in [-0.1, -0.05) is 110 Å². The number of nitrogens with zero attached hydrogens (tertiary/aromatic N) is 3. The molecule has 6 aromatic rings. The molecule has 0 saturated heterocycles. The first-order valence-corrected chi connectivity index (χ1v) is 15.6. The van der Waals surface area contributed by atoms with Gasteiger partial charge in [-0.15, -0.1) is 9.99 Å². The van der Waals surface area contributed by atoms with Gasteiger partial charge in [-0.05, 0) is 16.4 Å². The number of benzene rings is 3. The molecule has 1 heterocycles. The molecule has 5 aromatic carbocycles. The van der Waals surface area contributed by atoms with E-state index in [0.717, 1.165) is 17.0 Å². The van der Waals surface area contributed by atoms with Crippen molar-refractivity contribution < 1.29 is 17.1 Å². The zero-order chi connectivity index (χ0) is 26.9. The number of aromatic nitrogens is 3. The number of thioether (sulfide) groups is 1. The van der Waals surface area contributed by atoms with E-state index in [0.29, 0.717) is 0 Å². The summed E-state index contributed by atoms with van der Waals surface area (Å²) in [6, 6.07) is 48.7. The van der Waals surface area contributed by atoms with E-state index >= 15 is 0 Å². The smallest absolute Gasteiger partial charge is 0.249 e. The van der Waals surface area contributed by atoms with E-state index in [-0.39, 0.29) is 23.1 Å². The quantitative estimate of drug-likeness (QED) is 0.0782. The second kappa shape index (κ2) is 15.0. The third kappa shape index (κ3) is 6.92. The molecule has 0 aliphatic heterocycles. The van der Waals surface area contributed by atoms with Gasteiger partial charge in [0, 0.05) is 19.5 Å². The molecular weight excluding hydrogens is 569 g/mol. The maximum Gasteiger partial charge on any atom is 2.00 e. The summed E-state index contributed by atoms with van der Waals surface area (Å²) in [5.41, 5.74) is 4.54. The third-order valence-electron chi connectivity index (χ3n) is 6.44. The summed E-state index contributed by atoms with van der Waals surface area (Å²) in [7, 11) is -0.869. The van der Waals surface area contributed by atoms with Crippen LogP contribution in [-0.4, -0.2) is 20.7 Å². The van der Waals surface area contributed by atoms with Gasteiger partial charge in [0.2, 0.25) is 0 Å². The Labute approximate surface area is 253 Å². The average molecular weight is 602 g/mol. The van der Waals surface area contributed by atoms with Crippen molar-refractivity contribution in [3.05, 3.63) is 145 Å². The minimum Gasteiger partial charge on any atom is -0.249 e. The van der Waals surface area contributed by atoms with E-state index in [4.69, 9.17) is 10.3 Å². The molecule has 0 fully saturated rings. The van der Waals surface area contributed by atoms with Crippen LogP contribution in [0.25, 0.3) is 11.3 Å². The molecule has 1 atom stereocenters. The number of hydrogen-bond donors (Lipinski definition) is 0. The van der Waals surface area contributed by atoms with Crippen molar-refractivity contribution in [1.82, 2.24) is 15.0 Å². The van der Waals surface area contributed by atoms with Gasteiger partial charge in [0.05, 0.1) is 5.44 Å². The molecule has 0 N–H and O–H groups in total. The first-order chi connectivity index (χ1) is 19.3. The maximum atomic E-state index is 4.80. The van der Waals surface area contributed by atoms with Crippen LogP contribution in [0.15, 0.2) is 144 Å². The van der Waals surface area contributed by atoms with Gasteiger partial charge in [0.15, 0.2) is 0 Å². The molecule has 1 aromatic heterocycles. The number of hydrogen-bond acceptors (Lipinski definition) is 3. The maximum absolute atomic E-state index is 4.80. The van der Waals surface area contributed by atoms with Crippen LogP contribution in [0.2, 0.25) is 0 Å². The summed E-state index contributed by atoms with van der Waals surface area (Å²) >= 11 is 1.89. The van der Waals surface area contributed by atoms with Crippen LogP contribution in [0.3, 0.4) is 0 Å². The molecule has 0 aliphatic rings. The predicted octanol–water partition coefficient (Wildman–Crippen LogP) is 7.55. The van der Waals surface area contributed by atoms with Crippen LogP contribution in [0.1, 0.15) is 25.5 Å². The van der Waals surface area contributed by atoms with Gasteiger partial charge < -0.3 is 0 Å². The van der Waals surface area contributed by atoms with Crippen molar-refractivity contribution in [2.75, 3.05) is 5.75 Å². The molecule has 0 bridgehead atoms. The monoisotopic (exact) mass is 601 g/mol. The summed E-state index contributed by atoms with van der Waals surface area (Å²) in [5, 5.41) is 12.2. The topological polar surface area (TPSA) is 30.7 Å². The molecule has 202 valence electrons. The molecular formula is C34H32FeN3PS. The molecule has 0 amide bonds. The van der Waals surface area contributed by atoms with E-state index in [9.17, 15) is 0 Å². The van der Waals surface area contributed by atoms with E-state index in [1.54, 1.807) is 0 Å². The molecule has 6 heteroatoms. The van der Waals surface area contributed by atoms with Crippen LogP contribution in [-0.2, 0) is 17.1 Å². The third-order valence-corrected chi connectivity index (χ3v) is 9.88. The fourth-order valence-electron chi connectivity index (χ4n) is 4.59. The van der Waals surface area contributed by atoms with Crippen molar-refractivity contribution in [3.63, 3.8) is 0 Å². The van der Waals surface area contributed by atoms with E-state index < -0.39 is 7.92 Å².